The highest BCUT2D eigenvalue weighted by Gasteiger charge is 2.20. The first-order chi connectivity index (χ1) is 12.6. The normalized spacial score (nSPS) is 13.6. The molecule has 0 radical (unpaired) electrons. The first kappa shape index (κ1) is 16.3. The monoisotopic (exact) mass is 355 g/mol. The van der Waals surface area contributed by atoms with Crippen LogP contribution in [0.5, 0.6) is 23.0 Å². The highest BCUT2D eigenvalue weighted by Crippen LogP contribution is 2.37. The van der Waals surface area contributed by atoms with Crippen LogP contribution < -0.4 is 24.3 Å². The lowest BCUT2D eigenvalue weighted by molar-refractivity contribution is -0.116. The van der Waals surface area contributed by atoms with Crippen LogP contribution in [0, 0.1) is 0 Å². The maximum atomic E-state index is 12.3. The van der Waals surface area contributed by atoms with Crippen LogP contribution in [-0.4, -0.2) is 25.3 Å². The van der Waals surface area contributed by atoms with Crippen molar-refractivity contribution < 1.29 is 28.5 Å². The fourth-order valence-corrected chi connectivity index (χ4v) is 2.90. The Kier molecular flexibility index (Phi) is 4.12. The van der Waals surface area contributed by atoms with Crippen molar-refractivity contribution in [3.8, 4) is 23.0 Å². The molecular weight excluding hydrogens is 338 g/mol. The molecule has 0 aromatic heterocycles. The van der Waals surface area contributed by atoms with Crippen molar-refractivity contribution in [3.05, 3.63) is 41.5 Å². The Labute approximate surface area is 149 Å². The highest BCUT2D eigenvalue weighted by molar-refractivity contribution is 6.04. The Morgan fingerprint density at radius 3 is 2.31 bits per heavy atom. The van der Waals surface area contributed by atoms with Gasteiger partial charge in [0.25, 0.3) is 0 Å². The van der Waals surface area contributed by atoms with E-state index in [1.807, 2.05) is 18.2 Å². The predicted molar refractivity (Wildman–Crippen MR) is 92.1 cm³/mol. The summed E-state index contributed by atoms with van der Waals surface area (Å²) in [6.07, 6.45) is 0.813. The van der Waals surface area contributed by atoms with E-state index in [9.17, 15) is 9.59 Å². The van der Waals surface area contributed by atoms with Crippen LogP contribution in [-0.2, 0) is 11.2 Å². The summed E-state index contributed by atoms with van der Waals surface area (Å²) in [5, 5.41) is 2.79. The van der Waals surface area contributed by atoms with Crippen LogP contribution in [0.1, 0.15) is 29.3 Å². The van der Waals surface area contributed by atoms with Crippen molar-refractivity contribution in [2.45, 2.75) is 19.8 Å². The Hall–Kier alpha value is -3.22. The molecular formula is C19H17NO6. The average molecular weight is 355 g/mol. The molecule has 4 rings (SSSR count). The van der Waals surface area contributed by atoms with Crippen LogP contribution in [0.2, 0.25) is 0 Å². The average Bonchev–Trinajstić information content (AvgIpc) is 3.27. The number of rotatable bonds is 5. The number of Topliss-reactive ketones (excluding diaryl/α,β-unsaturated/α-hetero) is 1. The third-order valence-electron chi connectivity index (χ3n) is 4.24. The number of anilines is 1. The Balaban J connectivity index is 1.44. The molecule has 7 heteroatoms. The molecule has 2 aromatic rings. The molecule has 134 valence electrons. The van der Waals surface area contributed by atoms with Gasteiger partial charge in [-0.3, -0.25) is 9.59 Å². The van der Waals surface area contributed by atoms with Crippen molar-refractivity contribution in [2.75, 3.05) is 18.9 Å². The Morgan fingerprint density at radius 1 is 0.923 bits per heavy atom. The van der Waals surface area contributed by atoms with Crippen LogP contribution >= 0.6 is 0 Å². The molecule has 2 aliphatic rings. The summed E-state index contributed by atoms with van der Waals surface area (Å²) in [7, 11) is 0. The molecule has 26 heavy (non-hydrogen) atoms. The number of benzene rings is 2. The second-order valence-electron chi connectivity index (χ2n) is 6.04. The van der Waals surface area contributed by atoms with Gasteiger partial charge in [0.05, 0.1) is 5.69 Å². The Morgan fingerprint density at radius 2 is 1.58 bits per heavy atom. The summed E-state index contributed by atoms with van der Waals surface area (Å²) in [6.45, 7) is 1.77. The van der Waals surface area contributed by atoms with Gasteiger partial charge < -0.3 is 24.3 Å². The number of aryl methyl sites for hydroxylation is 1. The number of amides is 1. The maximum absolute atomic E-state index is 12.3. The van der Waals surface area contributed by atoms with E-state index in [1.54, 1.807) is 12.1 Å². The SMILES string of the molecule is CC(=O)c1cc2c(cc1NC(=O)CCc1ccc3c(c1)OCO3)OCO2. The molecule has 1 amide bonds. The lowest BCUT2D eigenvalue weighted by Crippen LogP contribution is -2.14. The van der Waals surface area contributed by atoms with E-state index < -0.39 is 0 Å². The number of hydrogen-bond donors (Lipinski definition) is 1. The van der Waals surface area contributed by atoms with E-state index in [1.165, 1.54) is 6.92 Å². The van der Waals surface area contributed by atoms with Gasteiger partial charge in [-0.05, 0) is 37.1 Å². The zero-order valence-electron chi connectivity index (χ0n) is 14.2. The van der Waals surface area contributed by atoms with E-state index in [4.69, 9.17) is 18.9 Å². The second-order valence-corrected chi connectivity index (χ2v) is 6.04. The minimum Gasteiger partial charge on any atom is -0.454 e. The van der Waals surface area contributed by atoms with Gasteiger partial charge >= 0.3 is 0 Å². The molecule has 1 N–H and O–H groups in total. The number of ether oxygens (including phenoxy) is 4. The third kappa shape index (κ3) is 3.15. The van der Waals surface area contributed by atoms with Crippen molar-refractivity contribution in [2.24, 2.45) is 0 Å². The fourth-order valence-electron chi connectivity index (χ4n) is 2.90. The number of carbonyl (C=O) groups is 2. The molecule has 0 fully saturated rings. The molecule has 2 aliphatic heterocycles. The van der Waals surface area contributed by atoms with Crippen molar-refractivity contribution in [1.29, 1.82) is 0 Å². The Bertz CT molecular complexity index is 892. The van der Waals surface area contributed by atoms with E-state index in [0.29, 0.717) is 40.7 Å². The van der Waals surface area contributed by atoms with Gasteiger partial charge in [0.1, 0.15) is 0 Å². The molecule has 0 saturated heterocycles. The summed E-state index contributed by atoms with van der Waals surface area (Å²) in [4.78, 5) is 24.2. The number of fused-ring (bicyclic) bond motifs is 2. The summed E-state index contributed by atoms with van der Waals surface area (Å²) in [5.74, 6) is 2.08. The molecule has 7 nitrogen and oxygen atoms in total. The van der Waals surface area contributed by atoms with E-state index in [2.05, 4.69) is 5.32 Å². The first-order valence-electron chi connectivity index (χ1n) is 8.23. The molecule has 2 aromatic carbocycles. The summed E-state index contributed by atoms with van der Waals surface area (Å²) in [5.41, 5.74) is 1.80. The number of nitrogens with one attached hydrogen (secondary N) is 1. The van der Waals surface area contributed by atoms with Gasteiger partial charge in [-0.1, -0.05) is 6.07 Å². The zero-order valence-corrected chi connectivity index (χ0v) is 14.2. The minimum atomic E-state index is -0.191. The van der Waals surface area contributed by atoms with Crippen molar-refractivity contribution in [3.63, 3.8) is 0 Å². The van der Waals surface area contributed by atoms with E-state index in [-0.39, 0.29) is 31.7 Å². The standard InChI is InChI=1S/C19H17NO6/c1-11(21)13-7-17-18(26-10-25-17)8-14(13)20-19(22)5-3-12-2-4-15-16(6-12)24-9-23-15/h2,4,6-8H,3,5,9-10H2,1H3,(H,20,22). The first-order valence-corrected chi connectivity index (χ1v) is 8.23. The molecule has 0 unspecified atom stereocenters. The van der Waals surface area contributed by atoms with Gasteiger partial charge in [0, 0.05) is 18.1 Å². The largest absolute Gasteiger partial charge is 0.454 e. The highest BCUT2D eigenvalue weighted by atomic mass is 16.7. The smallest absolute Gasteiger partial charge is 0.231 e. The van der Waals surface area contributed by atoms with Crippen LogP contribution in [0.25, 0.3) is 0 Å². The maximum Gasteiger partial charge on any atom is 0.231 e. The molecule has 0 saturated carbocycles. The van der Waals surface area contributed by atoms with Gasteiger partial charge in [-0.2, -0.15) is 0 Å². The fraction of sp³-hybridized carbons (Fsp3) is 0.263. The number of hydrogen-bond acceptors (Lipinski definition) is 6. The number of ketones is 1. The lowest BCUT2D eigenvalue weighted by atomic mass is 10.1. The summed E-state index contributed by atoms with van der Waals surface area (Å²) >= 11 is 0. The summed E-state index contributed by atoms with van der Waals surface area (Å²) in [6, 6.07) is 8.83. The topological polar surface area (TPSA) is 83.1 Å². The van der Waals surface area contributed by atoms with Gasteiger partial charge in [-0.25, -0.2) is 0 Å². The zero-order chi connectivity index (χ0) is 18.1. The van der Waals surface area contributed by atoms with E-state index in [0.717, 1.165) is 5.56 Å². The van der Waals surface area contributed by atoms with Crippen LogP contribution in [0.15, 0.2) is 30.3 Å². The molecule has 0 spiro atoms. The molecule has 2 heterocycles. The third-order valence-corrected chi connectivity index (χ3v) is 4.24. The molecule has 0 aliphatic carbocycles. The summed E-state index contributed by atoms with van der Waals surface area (Å²) < 4.78 is 21.2. The number of carbonyl (C=O) groups excluding carboxylic acids is 2. The van der Waals surface area contributed by atoms with Crippen molar-refractivity contribution >= 4 is 17.4 Å². The van der Waals surface area contributed by atoms with Gasteiger partial charge in [0.2, 0.25) is 19.5 Å². The minimum absolute atomic E-state index is 0.105. The van der Waals surface area contributed by atoms with Crippen LogP contribution in [0.4, 0.5) is 5.69 Å². The van der Waals surface area contributed by atoms with Gasteiger partial charge in [-0.15, -0.1) is 0 Å². The molecule has 0 bridgehead atoms. The predicted octanol–water partition coefficient (Wildman–Crippen LogP) is 2.92. The van der Waals surface area contributed by atoms with Gasteiger partial charge in [0.15, 0.2) is 28.8 Å². The van der Waals surface area contributed by atoms with Crippen molar-refractivity contribution in [1.82, 2.24) is 0 Å². The van der Waals surface area contributed by atoms with E-state index >= 15 is 0 Å². The van der Waals surface area contributed by atoms with Crippen LogP contribution in [0.3, 0.4) is 0 Å². The second kappa shape index (κ2) is 6.59. The molecule has 0 atom stereocenters. The lowest BCUT2D eigenvalue weighted by Gasteiger charge is -2.11. The quantitative estimate of drug-likeness (QED) is 0.831.